The number of benzene rings is 1. The minimum Gasteiger partial charge on any atom is -0.367 e. The molecule has 1 atom stereocenters. The molecular formula is C19H25FN4O. The van der Waals surface area contributed by atoms with Crippen LogP contribution in [0, 0.1) is 12.7 Å². The number of amides is 1. The SMILES string of the molecule is Cc1ccc(F)c(N2CCCC(NC(=O)CCc3cnn(C)c3)C2)c1. The molecular weight excluding hydrogens is 319 g/mol. The molecule has 2 heterocycles. The van der Waals surface area contributed by atoms with Crippen LogP contribution in [0.1, 0.15) is 30.4 Å². The zero-order valence-electron chi connectivity index (χ0n) is 14.8. The van der Waals surface area contributed by atoms with Crippen molar-refractivity contribution in [2.45, 2.75) is 38.6 Å². The van der Waals surface area contributed by atoms with Crippen LogP contribution in [0.5, 0.6) is 0 Å². The first-order chi connectivity index (χ1) is 12.0. The second kappa shape index (κ2) is 7.68. The van der Waals surface area contributed by atoms with Crippen LogP contribution in [0.15, 0.2) is 30.6 Å². The molecule has 0 saturated carbocycles. The lowest BCUT2D eigenvalue weighted by Gasteiger charge is -2.35. The summed E-state index contributed by atoms with van der Waals surface area (Å²) in [4.78, 5) is 14.3. The number of carbonyl (C=O) groups is 1. The molecule has 6 heteroatoms. The summed E-state index contributed by atoms with van der Waals surface area (Å²) >= 11 is 0. The number of nitrogens with zero attached hydrogens (tertiary/aromatic N) is 3. The summed E-state index contributed by atoms with van der Waals surface area (Å²) in [6.45, 7) is 3.44. The van der Waals surface area contributed by atoms with Crippen LogP contribution in [-0.2, 0) is 18.3 Å². The van der Waals surface area contributed by atoms with Crippen LogP contribution < -0.4 is 10.2 Å². The van der Waals surface area contributed by atoms with Gasteiger partial charge in [-0.15, -0.1) is 0 Å². The van der Waals surface area contributed by atoms with Crippen molar-refractivity contribution in [2.24, 2.45) is 7.05 Å². The Bertz CT molecular complexity index is 743. The highest BCUT2D eigenvalue weighted by atomic mass is 19.1. The highest BCUT2D eigenvalue weighted by Gasteiger charge is 2.23. The first kappa shape index (κ1) is 17.5. The van der Waals surface area contributed by atoms with Crippen molar-refractivity contribution < 1.29 is 9.18 Å². The number of aryl methyl sites for hydroxylation is 3. The summed E-state index contributed by atoms with van der Waals surface area (Å²) in [6, 6.07) is 5.23. The van der Waals surface area contributed by atoms with E-state index in [2.05, 4.69) is 10.4 Å². The van der Waals surface area contributed by atoms with Crippen molar-refractivity contribution in [2.75, 3.05) is 18.0 Å². The Morgan fingerprint density at radius 2 is 2.28 bits per heavy atom. The summed E-state index contributed by atoms with van der Waals surface area (Å²) in [6.07, 6.45) is 6.72. The number of nitrogens with one attached hydrogen (secondary N) is 1. The lowest BCUT2D eigenvalue weighted by molar-refractivity contribution is -0.121. The zero-order valence-corrected chi connectivity index (χ0v) is 14.8. The Balaban J connectivity index is 1.54. The van der Waals surface area contributed by atoms with Gasteiger partial charge in [-0.1, -0.05) is 6.07 Å². The summed E-state index contributed by atoms with van der Waals surface area (Å²) in [7, 11) is 1.87. The monoisotopic (exact) mass is 344 g/mol. The summed E-state index contributed by atoms with van der Waals surface area (Å²) in [5.74, 6) is -0.158. The molecule has 1 fully saturated rings. The van der Waals surface area contributed by atoms with Crippen molar-refractivity contribution in [3.63, 3.8) is 0 Å². The Morgan fingerprint density at radius 3 is 3.04 bits per heavy atom. The van der Waals surface area contributed by atoms with Crippen LogP contribution in [-0.4, -0.2) is 34.8 Å². The van der Waals surface area contributed by atoms with Crippen molar-refractivity contribution >= 4 is 11.6 Å². The fourth-order valence-corrected chi connectivity index (χ4v) is 3.34. The second-order valence-corrected chi connectivity index (χ2v) is 6.83. The van der Waals surface area contributed by atoms with Crippen LogP contribution >= 0.6 is 0 Å². The number of piperidine rings is 1. The Kier molecular flexibility index (Phi) is 5.36. The van der Waals surface area contributed by atoms with Crippen LogP contribution in [0.2, 0.25) is 0 Å². The van der Waals surface area contributed by atoms with E-state index in [-0.39, 0.29) is 17.8 Å². The second-order valence-electron chi connectivity index (χ2n) is 6.83. The topological polar surface area (TPSA) is 50.2 Å². The van der Waals surface area contributed by atoms with E-state index in [9.17, 15) is 9.18 Å². The van der Waals surface area contributed by atoms with Crippen LogP contribution in [0.3, 0.4) is 0 Å². The molecule has 1 unspecified atom stereocenters. The summed E-state index contributed by atoms with van der Waals surface area (Å²) in [5.41, 5.74) is 2.73. The van der Waals surface area contributed by atoms with E-state index in [0.717, 1.165) is 30.5 Å². The molecule has 3 rings (SSSR count). The van der Waals surface area contributed by atoms with Gasteiger partial charge >= 0.3 is 0 Å². The molecule has 1 aliphatic rings. The molecule has 25 heavy (non-hydrogen) atoms. The molecule has 0 spiro atoms. The third kappa shape index (κ3) is 4.59. The number of halogens is 1. The van der Waals surface area contributed by atoms with Crippen molar-refractivity contribution in [1.82, 2.24) is 15.1 Å². The molecule has 1 amide bonds. The maximum Gasteiger partial charge on any atom is 0.220 e. The normalized spacial score (nSPS) is 17.6. The van der Waals surface area contributed by atoms with Crippen molar-refractivity contribution in [3.05, 3.63) is 47.5 Å². The van der Waals surface area contributed by atoms with Gasteiger partial charge in [0, 0.05) is 38.8 Å². The smallest absolute Gasteiger partial charge is 0.220 e. The van der Waals surface area contributed by atoms with E-state index in [0.29, 0.717) is 25.1 Å². The molecule has 1 aromatic carbocycles. The average Bonchev–Trinajstić information content (AvgIpc) is 3.01. The number of hydrogen-bond acceptors (Lipinski definition) is 3. The predicted octanol–water partition coefficient (Wildman–Crippen LogP) is 2.59. The van der Waals surface area contributed by atoms with Gasteiger partial charge in [0.05, 0.1) is 11.9 Å². The van der Waals surface area contributed by atoms with Crippen LogP contribution in [0.4, 0.5) is 10.1 Å². The minimum absolute atomic E-state index is 0.0421. The highest BCUT2D eigenvalue weighted by molar-refractivity contribution is 5.76. The maximum atomic E-state index is 14.1. The molecule has 0 radical (unpaired) electrons. The number of aromatic nitrogens is 2. The predicted molar refractivity (Wildman–Crippen MR) is 96.0 cm³/mol. The first-order valence-corrected chi connectivity index (χ1v) is 8.79. The van der Waals surface area contributed by atoms with E-state index in [4.69, 9.17) is 0 Å². The van der Waals surface area contributed by atoms with Gasteiger partial charge in [-0.3, -0.25) is 9.48 Å². The van der Waals surface area contributed by atoms with Crippen molar-refractivity contribution in [3.8, 4) is 0 Å². The molecule has 1 N–H and O–H groups in total. The van der Waals surface area contributed by atoms with E-state index in [1.54, 1.807) is 16.9 Å². The van der Waals surface area contributed by atoms with Gasteiger partial charge in [0.2, 0.25) is 5.91 Å². The van der Waals surface area contributed by atoms with Gasteiger partial charge < -0.3 is 10.2 Å². The molecule has 1 aliphatic heterocycles. The Labute approximate surface area is 147 Å². The van der Waals surface area contributed by atoms with E-state index < -0.39 is 0 Å². The molecule has 134 valence electrons. The lowest BCUT2D eigenvalue weighted by Crippen LogP contribution is -2.48. The number of hydrogen-bond donors (Lipinski definition) is 1. The third-order valence-electron chi connectivity index (χ3n) is 4.63. The van der Waals surface area contributed by atoms with Gasteiger partial charge in [-0.05, 0) is 49.4 Å². The molecule has 1 aromatic heterocycles. The number of rotatable bonds is 5. The summed E-state index contributed by atoms with van der Waals surface area (Å²) in [5, 5.41) is 7.21. The van der Waals surface area contributed by atoms with Gasteiger partial charge in [0.25, 0.3) is 0 Å². The van der Waals surface area contributed by atoms with Gasteiger partial charge in [-0.25, -0.2) is 4.39 Å². The fraction of sp³-hybridized carbons (Fsp3) is 0.474. The lowest BCUT2D eigenvalue weighted by atomic mass is 10.0. The molecule has 0 aliphatic carbocycles. The van der Waals surface area contributed by atoms with Gasteiger partial charge in [-0.2, -0.15) is 5.10 Å². The van der Waals surface area contributed by atoms with Gasteiger partial charge in [0.1, 0.15) is 5.82 Å². The fourth-order valence-electron chi connectivity index (χ4n) is 3.34. The standard InChI is InChI=1S/C19H25FN4O/c1-14-5-7-17(20)18(10-14)24-9-3-4-16(13-24)22-19(25)8-6-15-11-21-23(2)12-15/h5,7,10-12,16H,3-4,6,8-9,13H2,1-2H3,(H,22,25). The molecule has 0 bridgehead atoms. The summed E-state index contributed by atoms with van der Waals surface area (Å²) < 4.78 is 15.9. The largest absolute Gasteiger partial charge is 0.367 e. The van der Waals surface area contributed by atoms with E-state index >= 15 is 0 Å². The van der Waals surface area contributed by atoms with Crippen molar-refractivity contribution in [1.29, 1.82) is 0 Å². The number of anilines is 1. The molecule has 5 nitrogen and oxygen atoms in total. The third-order valence-corrected chi connectivity index (χ3v) is 4.63. The van der Waals surface area contributed by atoms with Crippen LogP contribution in [0.25, 0.3) is 0 Å². The Hall–Kier alpha value is -2.37. The van der Waals surface area contributed by atoms with E-state index in [1.807, 2.05) is 31.1 Å². The quantitative estimate of drug-likeness (QED) is 0.907. The maximum absolute atomic E-state index is 14.1. The minimum atomic E-state index is -0.200. The van der Waals surface area contributed by atoms with E-state index in [1.165, 1.54) is 6.07 Å². The molecule has 2 aromatic rings. The Morgan fingerprint density at radius 1 is 1.44 bits per heavy atom. The zero-order chi connectivity index (χ0) is 17.8. The first-order valence-electron chi connectivity index (χ1n) is 8.79. The average molecular weight is 344 g/mol. The molecule has 1 saturated heterocycles. The number of carbonyl (C=O) groups excluding carboxylic acids is 1. The highest BCUT2D eigenvalue weighted by Crippen LogP contribution is 2.24. The van der Waals surface area contributed by atoms with Gasteiger partial charge in [0.15, 0.2) is 0 Å².